The van der Waals surface area contributed by atoms with E-state index in [0.717, 1.165) is 19.5 Å². The summed E-state index contributed by atoms with van der Waals surface area (Å²) in [6, 6.07) is 8.44. The lowest BCUT2D eigenvalue weighted by Gasteiger charge is -2.36. The maximum absolute atomic E-state index is 11.3. The second-order valence-corrected chi connectivity index (χ2v) is 5.92. The van der Waals surface area contributed by atoms with E-state index < -0.39 is 11.4 Å². The van der Waals surface area contributed by atoms with Crippen LogP contribution in [-0.2, 0) is 11.2 Å². The summed E-state index contributed by atoms with van der Waals surface area (Å²) in [5, 5.41) is 0. The van der Waals surface area contributed by atoms with Crippen LogP contribution in [-0.4, -0.2) is 24.5 Å². The highest BCUT2D eigenvalue weighted by Crippen LogP contribution is 2.29. The van der Waals surface area contributed by atoms with Gasteiger partial charge in [-0.3, -0.25) is 4.79 Å². The quantitative estimate of drug-likeness (QED) is 0.857. The summed E-state index contributed by atoms with van der Waals surface area (Å²) in [7, 11) is 0. The van der Waals surface area contributed by atoms with Crippen LogP contribution in [0.3, 0.4) is 0 Å². The number of nitrogens with zero attached hydrogens (tertiary/aromatic N) is 1. The lowest BCUT2D eigenvalue weighted by Crippen LogP contribution is -2.51. The molecule has 0 radical (unpaired) electrons. The van der Waals surface area contributed by atoms with Gasteiger partial charge in [0.05, 0.1) is 5.54 Å². The maximum Gasteiger partial charge on any atom is 0.237 e. The fourth-order valence-electron chi connectivity index (χ4n) is 2.61. The summed E-state index contributed by atoms with van der Waals surface area (Å²) >= 11 is 0. The molecule has 2 unspecified atom stereocenters. The maximum atomic E-state index is 11.3. The van der Waals surface area contributed by atoms with Gasteiger partial charge in [0, 0.05) is 18.8 Å². The number of fused-ring (bicyclic) bond motifs is 1. The van der Waals surface area contributed by atoms with Crippen LogP contribution in [0.1, 0.15) is 25.8 Å². The molecule has 19 heavy (non-hydrogen) atoms. The first-order valence-electron chi connectivity index (χ1n) is 6.82. The molecule has 0 saturated carbocycles. The number of benzene rings is 1. The number of nitrogens with two attached hydrogens (primary N) is 2. The molecule has 2 atom stereocenters. The largest absolute Gasteiger partial charge is 0.371 e. The van der Waals surface area contributed by atoms with Crippen molar-refractivity contribution in [3.05, 3.63) is 29.8 Å². The highest BCUT2D eigenvalue weighted by molar-refractivity contribution is 5.83. The monoisotopic (exact) mass is 261 g/mol. The molecular weight excluding hydrogens is 238 g/mol. The second-order valence-electron chi connectivity index (χ2n) is 5.92. The summed E-state index contributed by atoms with van der Waals surface area (Å²) < 4.78 is 0. The van der Waals surface area contributed by atoms with Crippen molar-refractivity contribution in [3.63, 3.8) is 0 Å². The number of anilines is 1. The number of carbonyl (C=O) groups excluding carboxylic acids is 1. The molecule has 1 aromatic rings. The van der Waals surface area contributed by atoms with Gasteiger partial charge in [0.2, 0.25) is 5.91 Å². The Morgan fingerprint density at radius 3 is 2.84 bits per heavy atom. The number of carbonyl (C=O) groups is 1. The zero-order chi connectivity index (χ0) is 14.0. The second kappa shape index (κ2) is 5.21. The molecule has 104 valence electrons. The van der Waals surface area contributed by atoms with Gasteiger partial charge in [-0.15, -0.1) is 0 Å². The normalized spacial score (nSPS) is 21.6. The SMILES string of the molecule is CC1Cc2ccccc2N(CCC(C)(N)C(N)=O)C1. The number of para-hydroxylation sites is 1. The molecule has 4 heteroatoms. The predicted octanol–water partition coefficient (Wildman–Crippen LogP) is 1.28. The Hall–Kier alpha value is -1.55. The van der Waals surface area contributed by atoms with Crippen molar-refractivity contribution in [2.75, 3.05) is 18.0 Å². The first-order valence-corrected chi connectivity index (χ1v) is 6.82. The number of hydrogen-bond donors (Lipinski definition) is 2. The number of primary amides is 1. The van der Waals surface area contributed by atoms with Gasteiger partial charge < -0.3 is 16.4 Å². The lowest BCUT2D eigenvalue weighted by molar-refractivity contribution is -0.122. The first-order chi connectivity index (χ1) is 8.90. The third-order valence-electron chi connectivity index (χ3n) is 3.90. The Morgan fingerprint density at radius 1 is 1.47 bits per heavy atom. The average molecular weight is 261 g/mol. The fraction of sp³-hybridized carbons (Fsp3) is 0.533. The summed E-state index contributed by atoms with van der Waals surface area (Å²) in [6.45, 7) is 5.72. The van der Waals surface area contributed by atoms with E-state index in [0.29, 0.717) is 12.3 Å². The van der Waals surface area contributed by atoms with Gasteiger partial charge in [-0.2, -0.15) is 0 Å². The predicted molar refractivity (Wildman–Crippen MR) is 77.9 cm³/mol. The molecule has 4 nitrogen and oxygen atoms in total. The van der Waals surface area contributed by atoms with Crippen molar-refractivity contribution in [3.8, 4) is 0 Å². The van der Waals surface area contributed by atoms with E-state index in [1.165, 1.54) is 11.3 Å². The van der Waals surface area contributed by atoms with E-state index in [2.05, 4.69) is 36.1 Å². The van der Waals surface area contributed by atoms with Crippen molar-refractivity contribution in [2.24, 2.45) is 17.4 Å². The van der Waals surface area contributed by atoms with Gasteiger partial charge in [0.1, 0.15) is 0 Å². The Balaban J connectivity index is 2.11. The summed E-state index contributed by atoms with van der Waals surface area (Å²) in [5.41, 5.74) is 13.0. The first kappa shape index (κ1) is 13.9. The molecule has 0 fully saturated rings. The average Bonchev–Trinajstić information content (AvgIpc) is 2.35. The molecule has 0 saturated heterocycles. The molecule has 0 aromatic heterocycles. The molecule has 2 rings (SSSR count). The summed E-state index contributed by atoms with van der Waals surface area (Å²) in [6.07, 6.45) is 1.69. The Morgan fingerprint density at radius 2 is 2.16 bits per heavy atom. The molecular formula is C15H23N3O. The van der Waals surface area contributed by atoms with Crippen LogP contribution in [0.2, 0.25) is 0 Å². The van der Waals surface area contributed by atoms with E-state index in [9.17, 15) is 4.79 Å². The Bertz CT molecular complexity index is 470. The van der Waals surface area contributed by atoms with Crippen LogP contribution >= 0.6 is 0 Å². The van der Waals surface area contributed by atoms with Gasteiger partial charge >= 0.3 is 0 Å². The van der Waals surface area contributed by atoms with Crippen molar-refractivity contribution in [2.45, 2.75) is 32.2 Å². The highest BCUT2D eigenvalue weighted by Gasteiger charge is 2.28. The number of hydrogen-bond acceptors (Lipinski definition) is 3. The van der Waals surface area contributed by atoms with Crippen LogP contribution < -0.4 is 16.4 Å². The van der Waals surface area contributed by atoms with Crippen LogP contribution in [0.4, 0.5) is 5.69 Å². The highest BCUT2D eigenvalue weighted by atomic mass is 16.1. The lowest BCUT2D eigenvalue weighted by atomic mass is 9.92. The Labute approximate surface area is 114 Å². The topological polar surface area (TPSA) is 72.3 Å². The van der Waals surface area contributed by atoms with Crippen LogP contribution in [0, 0.1) is 5.92 Å². The molecule has 0 aliphatic carbocycles. The van der Waals surface area contributed by atoms with Gasteiger partial charge in [-0.25, -0.2) is 0 Å². The summed E-state index contributed by atoms with van der Waals surface area (Å²) in [5.74, 6) is 0.179. The smallest absolute Gasteiger partial charge is 0.237 e. The fourth-order valence-corrected chi connectivity index (χ4v) is 2.61. The molecule has 4 N–H and O–H groups in total. The van der Waals surface area contributed by atoms with Gasteiger partial charge in [0.15, 0.2) is 0 Å². The minimum absolute atomic E-state index is 0.439. The van der Waals surface area contributed by atoms with Crippen LogP contribution in [0.25, 0.3) is 0 Å². The molecule has 0 spiro atoms. The van der Waals surface area contributed by atoms with E-state index >= 15 is 0 Å². The van der Waals surface area contributed by atoms with E-state index in [1.807, 2.05) is 0 Å². The minimum atomic E-state index is -0.935. The third-order valence-corrected chi connectivity index (χ3v) is 3.90. The molecule has 1 aliphatic rings. The molecule has 0 bridgehead atoms. The molecule has 1 aromatic carbocycles. The van der Waals surface area contributed by atoms with Crippen molar-refractivity contribution in [1.29, 1.82) is 0 Å². The van der Waals surface area contributed by atoms with Gasteiger partial charge in [0.25, 0.3) is 0 Å². The minimum Gasteiger partial charge on any atom is -0.371 e. The van der Waals surface area contributed by atoms with Crippen LogP contribution in [0.5, 0.6) is 0 Å². The zero-order valence-corrected chi connectivity index (χ0v) is 11.7. The van der Waals surface area contributed by atoms with E-state index in [4.69, 9.17) is 11.5 Å². The third kappa shape index (κ3) is 3.07. The van der Waals surface area contributed by atoms with Crippen molar-refractivity contribution < 1.29 is 4.79 Å². The Kier molecular flexibility index (Phi) is 3.80. The molecule has 1 heterocycles. The molecule has 1 aliphatic heterocycles. The van der Waals surface area contributed by atoms with E-state index in [-0.39, 0.29) is 0 Å². The summed E-state index contributed by atoms with van der Waals surface area (Å²) in [4.78, 5) is 13.6. The number of amides is 1. The van der Waals surface area contributed by atoms with Gasteiger partial charge in [-0.05, 0) is 37.3 Å². The van der Waals surface area contributed by atoms with Crippen molar-refractivity contribution >= 4 is 11.6 Å². The standard InChI is InChI=1S/C15H23N3O/c1-11-9-12-5-3-4-6-13(12)18(10-11)8-7-15(2,17)14(16)19/h3-6,11H,7-10,17H2,1-2H3,(H2,16,19). The zero-order valence-electron chi connectivity index (χ0n) is 11.7. The van der Waals surface area contributed by atoms with E-state index in [1.54, 1.807) is 6.92 Å². The van der Waals surface area contributed by atoms with Crippen LogP contribution in [0.15, 0.2) is 24.3 Å². The number of rotatable bonds is 4. The van der Waals surface area contributed by atoms with Crippen molar-refractivity contribution in [1.82, 2.24) is 0 Å². The molecule has 1 amide bonds. The van der Waals surface area contributed by atoms with Gasteiger partial charge in [-0.1, -0.05) is 25.1 Å².